The van der Waals surface area contributed by atoms with Crippen LogP contribution in [0.25, 0.3) is 0 Å². The Kier molecular flexibility index (Phi) is 6.00. The van der Waals surface area contributed by atoms with Crippen molar-refractivity contribution in [3.05, 3.63) is 47.2 Å². The summed E-state index contributed by atoms with van der Waals surface area (Å²) in [5, 5.41) is 16.1. The molecular formula is C17H17F3N4O2. The van der Waals surface area contributed by atoms with Gasteiger partial charge < -0.3 is 15.4 Å². The van der Waals surface area contributed by atoms with Gasteiger partial charge in [-0.15, -0.1) is 0 Å². The van der Waals surface area contributed by atoms with Gasteiger partial charge in [0, 0.05) is 19.0 Å². The van der Waals surface area contributed by atoms with Crippen molar-refractivity contribution in [2.45, 2.75) is 12.7 Å². The van der Waals surface area contributed by atoms with Crippen LogP contribution in [0.5, 0.6) is 0 Å². The first-order chi connectivity index (χ1) is 12.2. The van der Waals surface area contributed by atoms with Gasteiger partial charge in [-0.05, 0) is 17.7 Å². The minimum atomic E-state index is -4.88. The van der Waals surface area contributed by atoms with Gasteiger partial charge in [0.2, 0.25) is 0 Å². The molecule has 1 saturated heterocycles. The summed E-state index contributed by atoms with van der Waals surface area (Å²) >= 11 is 0. The second kappa shape index (κ2) is 8.01. The number of amides is 1. The highest BCUT2D eigenvalue weighted by Gasteiger charge is 2.34. The Morgan fingerprint density at radius 2 is 2.08 bits per heavy atom. The SMILES string of the molecule is N#Cc1ccccc1CN(CC1COC1)C(=O)/C(N)=C/C(=N)C(F)(F)F. The lowest BCUT2D eigenvalue weighted by atomic mass is 10.0. The molecule has 1 aliphatic heterocycles. The molecule has 1 heterocycles. The number of ether oxygens (including phenoxy) is 1. The van der Waals surface area contributed by atoms with Crippen LogP contribution in [0.4, 0.5) is 13.2 Å². The number of halogens is 3. The topological polar surface area (TPSA) is 103 Å². The maximum Gasteiger partial charge on any atom is 0.432 e. The van der Waals surface area contributed by atoms with Gasteiger partial charge in [0.15, 0.2) is 0 Å². The number of allylic oxidation sites excluding steroid dienone is 1. The normalized spacial score (nSPS) is 15.1. The predicted molar refractivity (Wildman–Crippen MR) is 86.9 cm³/mol. The predicted octanol–water partition coefficient (Wildman–Crippen LogP) is 1.96. The number of alkyl halides is 3. The van der Waals surface area contributed by atoms with Crippen LogP contribution >= 0.6 is 0 Å². The van der Waals surface area contributed by atoms with Crippen molar-refractivity contribution in [1.82, 2.24) is 4.90 Å². The van der Waals surface area contributed by atoms with Crippen LogP contribution < -0.4 is 5.73 Å². The molecule has 26 heavy (non-hydrogen) atoms. The Labute approximate surface area is 148 Å². The third kappa shape index (κ3) is 4.83. The van der Waals surface area contributed by atoms with Crippen molar-refractivity contribution in [3.8, 4) is 6.07 Å². The number of hydrogen-bond donors (Lipinski definition) is 2. The van der Waals surface area contributed by atoms with Gasteiger partial charge in [-0.25, -0.2) is 0 Å². The molecule has 0 atom stereocenters. The summed E-state index contributed by atoms with van der Waals surface area (Å²) in [6, 6.07) is 8.63. The summed E-state index contributed by atoms with van der Waals surface area (Å²) in [6.45, 7) is 1.12. The molecule has 1 amide bonds. The number of carbonyl (C=O) groups is 1. The molecule has 1 aromatic rings. The molecule has 3 N–H and O–H groups in total. The fraction of sp³-hybridized carbons (Fsp3) is 0.353. The molecule has 1 aromatic carbocycles. The van der Waals surface area contributed by atoms with Gasteiger partial charge in [0.1, 0.15) is 5.71 Å². The van der Waals surface area contributed by atoms with Crippen molar-refractivity contribution < 1.29 is 22.7 Å². The van der Waals surface area contributed by atoms with Crippen LogP contribution in [-0.4, -0.2) is 42.5 Å². The van der Waals surface area contributed by atoms with Gasteiger partial charge in [-0.2, -0.15) is 18.4 Å². The first-order valence-corrected chi connectivity index (χ1v) is 7.70. The highest BCUT2D eigenvalue weighted by Crippen LogP contribution is 2.20. The van der Waals surface area contributed by atoms with Crippen LogP contribution in [0, 0.1) is 22.7 Å². The Hall–Kier alpha value is -2.86. The van der Waals surface area contributed by atoms with E-state index >= 15 is 0 Å². The van der Waals surface area contributed by atoms with E-state index in [4.69, 9.17) is 21.1 Å². The third-order valence-corrected chi connectivity index (χ3v) is 3.82. The van der Waals surface area contributed by atoms with E-state index in [1.165, 1.54) is 4.90 Å². The number of nitriles is 1. The molecule has 138 valence electrons. The Morgan fingerprint density at radius 3 is 2.62 bits per heavy atom. The zero-order valence-corrected chi connectivity index (χ0v) is 13.7. The Balaban J connectivity index is 2.23. The van der Waals surface area contributed by atoms with Crippen LogP contribution in [0.2, 0.25) is 0 Å². The lowest BCUT2D eigenvalue weighted by Gasteiger charge is -2.32. The van der Waals surface area contributed by atoms with Gasteiger partial charge >= 0.3 is 6.18 Å². The van der Waals surface area contributed by atoms with Gasteiger partial charge in [0.25, 0.3) is 5.91 Å². The highest BCUT2D eigenvalue weighted by molar-refractivity contribution is 6.04. The number of benzene rings is 1. The van der Waals surface area contributed by atoms with Gasteiger partial charge in [0.05, 0.1) is 30.5 Å². The third-order valence-electron chi connectivity index (χ3n) is 3.82. The van der Waals surface area contributed by atoms with E-state index < -0.39 is 23.5 Å². The highest BCUT2D eigenvalue weighted by atomic mass is 19.4. The Morgan fingerprint density at radius 1 is 1.42 bits per heavy atom. The standard InChI is InChI=1S/C17H17F3N4O2/c18-17(19,20)15(23)5-14(22)16(25)24(7-11-9-26-10-11)8-13-4-2-1-3-12(13)6-21/h1-5,11,23H,7-10,22H2/b14-5-,23-15?. The second-order valence-corrected chi connectivity index (χ2v) is 5.87. The number of nitrogens with two attached hydrogens (primary N) is 1. The van der Waals surface area contributed by atoms with E-state index in [0.29, 0.717) is 30.4 Å². The Bertz CT molecular complexity index is 764. The summed E-state index contributed by atoms with van der Waals surface area (Å²) in [6.07, 6.45) is -4.58. The minimum Gasteiger partial charge on any atom is -0.394 e. The molecule has 6 nitrogen and oxygen atoms in total. The maximum absolute atomic E-state index is 12.5. The first kappa shape index (κ1) is 19.5. The lowest BCUT2D eigenvalue weighted by Crippen LogP contribution is -2.43. The first-order valence-electron chi connectivity index (χ1n) is 7.70. The zero-order valence-electron chi connectivity index (χ0n) is 13.7. The monoisotopic (exact) mass is 366 g/mol. The molecule has 0 spiro atoms. The summed E-state index contributed by atoms with van der Waals surface area (Å²) in [5.41, 5.74) is 4.05. The van der Waals surface area contributed by atoms with Crippen molar-refractivity contribution in [3.63, 3.8) is 0 Å². The molecule has 2 rings (SSSR count). The summed E-state index contributed by atoms with van der Waals surface area (Å²) in [7, 11) is 0. The molecular weight excluding hydrogens is 349 g/mol. The van der Waals surface area contributed by atoms with E-state index in [1.807, 2.05) is 6.07 Å². The van der Waals surface area contributed by atoms with Gasteiger partial charge in [-0.3, -0.25) is 10.2 Å². The van der Waals surface area contributed by atoms with Crippen molar-refractivity contribution in [2.24, 2.45) is 11.7 Å². The van der Waals surface area contributed by atoms with E-state index in [0.717, 1.165) is 0 Å². The molecule has 0 bridgehead atoms. The van der Waals surface area contributed by atoms with Gasteiger partial charge in [-0.1, -0.05) is 18.2 Å². The molecule has 9 heteroatoms. The molecule has 0 aliphatic carbocycles. The van der Waals surface area contributed by atoms with E-state index in [2.05, 4.69) is 0 Å². The number of rotatable bonds is 6. The summed E-state index contributed by atoms with van der Waals surface area (Å²) < 4.78 is 42.5. The summed E-state index contributed by atoms with van der Waals surface area (Å²) in [4.78, 5) is 13.8. The largest absolute Gasteiger partial charge is 0.432 e. The maximum atomic E-state index is 12.5. The number of nitrogens with one attached hydrogen (secondary N) is 1. The fourth-order valence-corrected chi connectivity index (χ4v) is 2.38. The van der Waals surface area contributed by atoms with E-state index in [-0.39, 0.29) is 19.0 Å². The minimum absolute atomic E-state index is 0.0208. The average Bonchev–Trinajstić information content (AvgIpc) is 2.55. The van der Waals surface area contributed by atoms with Crippen molar-refractivity contribution in [1.29, 1.82) is 10.7 Å². The van der Waals surface area contributed by atoms with Crippen LogP contribution in [-0.2, 0) is 16.1 Å². The molecule has 1 fully saturated rings. The fourth-order valence-electron chi connectivity index (χ4n) is 2.38. The van der Waals surface area contributed by atoms with E-state index in [1.54, 1.807) is 24.3 Å². The quantitative estimate of drug-likeness (QED) is 0.593. The molecule has 0 radical (unpaired) electrons. The molecule has 0 aromatic heterocycles. The van der Waals surface area contributed by atoms with Crippen LogP contribution in [0.15, 0.2) is 36.0 Å². The lowest BCUT2D eigenvalue weighted by molar-refractivity contribution is -0.131. The summed E-state index contributed by atoms with van der Waals surface area (Å²) in [5.74, 6) is -0.776. The number of hydrogen-bond acceptors (Lipinski definition) is 5. The van der Waals surface area contributed by atoms with E-state index in [9.17, 15) is 18.0 Å². The molecule has 0 saturated carbocycles. The molecule has 1 aliphatic rings. The smallest absolute Gasteiger partial charge is 0.394 e. The molecule has 0 unspecified atom stereocenters. The van der Waals surface area contributed by atoms with Crippen LogP contribution in [0.3, 0.4) is 0 Å². The van der Waals surface area contributed by atoms with Crippen molar-refractivity contribution >= 4 is 11.6 Å². The van der Waals surface area contributed by atoms with Crippen molar-refractivity contribution in [2.75, 3.05) is 19.8 Å². The second-order valence-electron chi connectivity index (χ2n) is 5.87. The van der Waals surface area contributed by atoms with Crippen LogP contribution in [0.1, 0.15) is 11.1 Å². The number of carbonyl (C=O) groups excluding carboxylic acids is 1. The zero-order chi connectivity index (χ0) is 19.3. The number of nitrogens with zero attached hydrogens (tertiary/aromatic N) is 2. The average molecular weight is 366 g/mol.